The van der Waals surface area contributed by atoms with E-state index in [9.17, 15) is 13.2 Å². The third-order valence-corrected chi connectivity index (χ3v) is 8.95. The number of aryl methyl sites for hydroxylation is 2. The number of hydrogen-bond donors (Lipinski definition) is 0. The summed E-state index contributed by atoms with van der Waals surface area (Å²) in [7, 11) is 0. The fourth-order valence-corrected chi connectivity index (χ4v) is 7.00. The molecule has 3 aromatic carbocycles. The fourth-order valence-electron chi connectivity index (χ4n) is 7.00. The van der Waals surface area contributed by atoms with Crippen LogP contribution in [0, 0.1) is 19.3 Å². The number of pyridine rings is 1. The van der Waals surface area contributed by atoms with E-state index in [1.54, 1.807) is 6.07 Å². The van der Waals surface area contributed by atoms with Crippen LogP contribution in [-0.4, -0.2) is 17.4 Å². The molecule has 0 amide bonds. The van der Waals surface area contributed by atoms with E-state index in [1.165, 1.54) is 22.7 Å². The average Bonchev–Trinajstić information content (AvgIpc) is 3.42. The van der Waals surface area contributed by atoms with Crippen LogP contribution in [-0.2, 0) is 12.6 Å². The van der Waals surface area contributed by atoms with Gasteiger partial charge in [0.25, 0.3) is 0 Å². The SMILES string of the molecule is Cc1cccc(C)c1B1c2ccccc2N=C2C=CC(c3cc(-c4cc5cc(CC(C)(C)C)ccc5o4)c(C(F)(F)F)cn3)=CC12. The minimum Gasteiger partial charge on any atom is -0.456 e. The van der Waals surface area contributed by atoms with E-state index in [0.29, 0.717) is 11.3 Å². The number of nitrogens with zero attached hydrogens (tertiary/aromatic N) is 2. The van der Waals surface area contributed by atoms with Gasteiger partial charge in [-0.2, -0.15) is 13.2 Å². The minimum atomic E-state index is -4.60. The quantitative estimate of drug-likeness (QED) is 0.189. The second kappa shape index (κ2) is 11.0. The largest absolute Gasteiger partial charge is 0.456 e. The van der Waals surface area contributed by atoms with Gasteiger partial charge in [-0.1, -0.05) is 92.0 Å². The van der Waals surface area contributed by atoms with Gasteiger partial charge in [-0.05, 0) is 78.7 Å². The minimum absolute atomic E-state index is 0.00330. The lowest BCUT2D eigenvalue weighted by Crippen LogP contribution is -2.52. The number of para-hydroxylation sites is 1. The predicted molar refractivity (Wildman–Crippen MR) is 183 cm³/mol. The third-order valence-electron chi connectivity index (χ3n) is 8.95. The molecule has 0 fully saturated rings. The lowest BCUT2D eigenvalue weighted by atomic mass is 9.30. The molecule has 46 heavy (non-hydrogen) atoms. The van der Waals surface area contributed by atoms with Crippen molar-refractivity contribution in [1.82, 2.24) is 4.98 Å². The maximum Gasteiger partial charge on any atom is 0.418 e. The Labute approximate surface area is 267 Å². The van der Waals surface area contributed by atoms with Crippen LogP contribution in [0.2, 0.25) is 5.82 Å². The van der Waals surface area contributed by atoms with Crippen LogP contribution < -0.4 is 10.9 Å². The molecule has 1 atom stereocenters. The summed E-state index contributed by atoms with van der Waals surface area (Å²) in [5.41, 5.74) is 8.70. The Balaban J connectivity index is 1.34. The molecular formula is C39H34BF3N2O. The summed E-state index contributed by atoms with van der Waals surface area (Å²) in [6.07, 6.45) is 3.17. The van der Waals surface area contributed by atoms with Gasteiger partial charge >= 0.3 is 6.18 Å². The predicted octanol–water partition coefficient (Wildman–Crippen LogP) is 9.44. The first-order chi connectivity index (χ1) is 21.9. The highest BCUT2D eigenvalue weighted by atomic mass is 19.4. The highest BCUT2D eigenvalue weighted by Crippen LogP contribution is 2.41. The number of furan rings is 1. The molecule has 1 aliphatic carbocycles. The van der Waals surface area contributed by atoms with Crippen LogP contribution in [0.1, 0.15) is 48.7 Å². The van der Waals surface area contributed by atoms with Crippen molar-refractivity contribution in [1.29, 1.82) is 0 Å². The van der Waals surface area contributed by atoms with E-state index in [2.05, 4.69) is 69.9 Å². The molecule has 0 radical (unpaired) electrons. The number of halogens is 3. The second-order valence-electron chi connectivity index (χ2n) is 13.7. The van der Waals surface area contributed by atoms with Crippen LogP contribution in [0.15, 0.2) is 107 Å². The monoisotopic (exact) mass is 614 g/mol. The van der Waals surface area contributed by atoms with E-state index < -0.39 is 11.7 Å². The van der Waals surface area contributed by atoms with Gasteiger partial charge in [0.15, 0.2) is 0 Å². The van der Waals surface area contributed by atoms with Crippen molar-refractivity contribution in [3.05, 3.63) is 125 Å². The molecule has 230 valence electrons. The average molecular weight is 615 g/mol. The van der Waals surface area contributed by atoms with Crippen LogP contribution in [0.4, 0.5) is 18.9 Å². The van der Waals surface area contributed by atoms with Gasteiger partial charge in [0.2, 0.25) is 6.71 Å². The number of benzene rings is 3. The van der Waals surface area contributed by atoms with Gasteiger partial charge in [0, 0.05) is 28.7 Å². The Bertz CT molecular complexity index is 2070. The summed E-state index contributed by atoms with van der Waals surface area (Å²) in [6, 6.07) is 23.6. The summed E-state index contributed by atoms with van der Waals surface area (Å²) in [6.45, 7) is 10.7. The molecule has 0 bridgehead atoms. The summed E-state index contributed by atoms with van der Waals surface area (Å²) < 4.78 is 49.2. The lowest BCUT2D eigenvalue weighted by molar-refractivity contribution is -0.137. The molecule has 7 heteroatoms. The van der Waals surface area contributed by atoms with Gasteiger partial charge < -0.3 is 4.42 Å². The summed E-state index contributed by atoms with van der Waals surface area (Å²) in [5, 5.41) is 0.776. The number of hydrogen-bond acceptors (Lipinski definition) is 3. The van der Waals surface area contributed by atoms with Crippen molar-refractivity contribution in [2.75, 3.05) is 0 Å². The Morgan fingerprint density at radius 3 is 2.37 bits per heavy atom. The molecule has 3 nitrogen and oxygen atoms in total. The van der Waals surface area contributed by atoms with E-state index in [0.717, 1.165) is 46.0 Å². The van der Waals surface area contributed by atoms with Gasteiger partial charge in [-0.3, -0.25) is 9.98 Å². The van der Waals surface area contributed by atoms with E-state index in [-0.39, 0.29) is 29.3 Å². The third kappa shape index (κ3) is 5.53. The molecule has 0 spiro atoms. The number of allylic oxidation sites excluding steroid dienone is 4. The maximum absolute atomic E-state index is 14.4. The Morgan fingerprint density at radius 2 is 1.63 bits per heavy atom. The first-order valence-corrected chi connectivity index (χ1v) is 15.6. The van der Waals surface area contributed by atoms with E-state index in [4.69, 9.17) is 9.41 Å². The number of alkyl halides is 3. The molecule has 3 heterocycles. The van der Waals surface area contributed by atoms with Crippen LogP contribution in [0.3, 0.4) is 0 Å². The van der Waals surface area contributed by atoms with Crippen molar-refractivity contribution in [2.24, 2.45) is 10.4 Å². The molecule has 0 saturated heterocycles. The summed E-state index contributed by atoms with van der Waals surface area (Å²) in [4.78, 5) is 9.35. The first-order valence-electron chi connectivity index (χ1n) is 15.6. The van der Waals surface area contributed by atoms with Gasteiger partial charge in [-0.25, -0.2) is 0 Å². The van der Waals surface area contributed by atoms with Crippen LogP contribution in [0.25, 0.3) is 27.9 Å². The summed E-state index contributed by atoms with van der Waals surface area (Å²) in [5.74, 6) is 0.0520. The smallest absolute Gasteiger partial charge is 0.418 e. The van der Waals surface area contributed by atoms with Crippen molar-refractivity contribution < 1.29 is 17.6 Å². The van der Waals surface area contributed by atoms with Crippen LogP contribution >= 0.6 is 0 Å². The number of aromatic nitrogens is 1. The van der Waals surface area contributed by atoms with Gasteiger partial charge in [-0.15, -0.1) is 0 Å². The second-order valence-corrected chi connectivity index (χ2v) is 13.7. The van der Waals surface area contributed by atoms with Crippen molar-refractivity contribution in [2.45, 2.75) is 53.0 Å². The molecule has 0 saturated carbocycles. The molecule has 0 N–H and O–H groups in total. The Morgan fingerprint density at radius 1 is 0.870 bits per heavy atom. The highest BCUT2D eigenvalue weighted by Gasteiger charge is 2.39. The zero-order chi connectivity index (χ0) is 32.4. The standard InChI is InChI=1S/C39H34BF3N2O/c1-23-9-8-10-24(2)37(23)40-30-11-6-7-12-32(30)45-33-15-14-26(18-31(33)40)34-20-28(29(22-44-34)39(41,42)43)36-19-27-17-25(21-38(3,4)5)13-16-35(27)46-36/h6-20,22,31H,21H2,1-5H3. The molecule has 1 aliphatic heterocycles. The van der Waals surface area contributed by atoms with E-state index >= 15 is 0 Å². The first kappa shape index (κ1) is 30.0. The lowest BCUT2D eigenvalue weighted by Gasteiger charge is -2.32. The maximum atomic E-state index is 14.4. The molecule has 2 aliphatic rings. The van der Waals surface area contributed by atoms with Crippen molar-refractivity contribution in [3.63, 3.8) is 0 Å². The number of fused-ring (bicyclic) bond motifs is 3. The van der Waals surface area contributed by atoms with Crippen LogP contribution in [0.5, 0.6) is 0 Å². The van der Waals surface area contributed by atoms with Crippen molar-refractivity contribution in [3.8, 4) is 11.3 Å². The van der Waals surface area contributed by atoms with Gasteiger partial charge in [0.1, 0.15) is 11.3 Å². The molecule has 7 rings (SSSR count). The topological polar surface area (TPSA) is 38.4 Å². The highest BCUT2D eigenvalue weighted by molar-refractivity contribution is 6.91. The zero-order valence-electron chi connectivity index (χ0n) is 26.5. The summed E-state index contributed by atoms with van der Waals surface area (Å²) >= 11 is 0. The number of aliphatic imine (C=N–C) groups is 1. The molecule has 2 aromatic heterocycles. The van der Waals surface area contributed by atoms with Crippen molar-refractivity contribution >= 4 is 45.6 Å². The molecular weight excluding hydrogens is 580 g/mol. The zero-order valence-corrected chi connectivity index (χ0v) is 26.5. The number of rotatable bonds is 4. The van der Waals surface area contributed by atoms with Gasteiger partial charge in [0.05, 0.1) is 16.9 Å². The molecule has 1 unspecified atom stereocenters. The molecule has 5 aromatic rings. The fraction of sp³-hybridized carbons (Fsp3) is 0.231. The Hall–Kier alpha value is -4.65. The normalized spacial score (nSPS) is 16.3. The van der Waals surface area contributed by atoms with E-state index in [1.807, 2.05) is 48.6 Å². The Kier molecular flexibility index (Phi) is 7.19.